The summed E-state index contributed by atoms with van der Waals surface area (Å²) in [7, 11) is 0. The molecule has 1 amide bonds. The number of alkyl halides is 1. The molecule has 0 aliphatic rings. The standard InChI is InChI=1S/C9H11ClN2O3/c10-2-7(13)8(14)5-1-6(9(11)15)4-12-3-5/h1,3-4,7-8,13-14H,2H2,(H2,11,15). The lowest BCUT2D eigenvalue weighted by atomic mass is 10.1. The average molecular weight is 231 g/mol. The van der Waals surface area contributed by atoms with E-state index in [0.29, 0.717) is 5.56 Å². The molecule has 0 aliphatic heterocycles. The lowest BCUT2D eigenvalue weighted by Gasteiger charge is -2.15. The van der Waals surface area contributed by atoms with Crippen LogP contribution >= 0.6 is 11.6 Å². The largest absolute Gasteiger partial charge is 0.389 e. The summed E-state index contributed by atoms with van der Waals surface area (Å²) in [5, 5.41) is 18.9. The van der Waals surface area contributed by atoms with E-state index < -0.39 is 18.1 Å². The van der Waals surface area contributed by atoms with Crippen molar-refractivity contribution < 1.29 is 15.0 Å². The van der Waals surface area contributed by atoms with Gasteiger partial charge in [-0.1, -0.05) is 0 Å². The molecule has 15 heavy (non-hydrogen) atoms. The summed E-state index contributed by atoms with van der Waals surface area (Å²) in [6.07, 6.45) is 0.351. The number of pyridine rings is 1. The van der Waals surface area contributed by atoms with E-state index in [0.717, 1.165) is 0 Å². The maximum absolute atomic E-state index is 10.8. The Kier molecular flexibility index (Phi) is 4.02. The van der Waals surface area contributed by atoms with Crippen LogP contribution in [0.15, 0.2) is 18.5 Å². The highest BCUT2D eigenvalue weighted by atomic mass is 35.5. The fraction of sp³-hybridized carbons (Fsp3) is 0.333. The Morgan fingerprint density at radius 2 is 2.20 bits per heavy atom. The number of rotatable bonds is 4. The number of aliphatic hydroxyl groups is 2. The van der Waals surface area contributed by atoms with Gasteiger partial charge in [0.25, 0.3) is 0 Å². The van der Waals surface area contributed by atoms with E-state index >= 15 is 0 Å². The minimum Gasteiger partial charge on any atom is -0.389 e. The molecule has 5 nitrogen and oxygen atoms in total. The Labute approximate surface area is 91.5 Å². The summed E-state index contributed by atoms with van der Waals surface area (Å²) < 4.78 is 0. The van der Waals surface area contributed by atoms with Crippen molar-refractivity contribution in [3.8, 4) is 0 Å². The minimum atomic E-state index is -1.17. The van der Waals surface area contributed by atoms with Crippen molar-refractivity contribution in [1.82, 2.24) is 4.98 Å². The summed E-state index contributed by atoms with van der Waals surface area (Å²) in [4.78, 5) is 14.6. The normalized spacial score (nSPS) is 14.6. The highest BCUT2D eigenvalue weighted by Gasteiger charge is 2.18. The second-order valence-corrected chi connectivity index (χ2v) is 3.35. The number of aliphatic hydroxyl groups excluding tert-OH is 2. The fourth-order valence-electron chi connectivity index (χ4n) is 1.06. The van der Waals surface area contributed by atoms with Crippen molar-refractivity contribution in [2.45, 2.75) is 12.2 Å². The van der Waals surface area contributed by atoms with Crippen molar-refractivity contribution in [3.63, 3.8) is 0 Å². The van der Waals surface area contributed by atoms with Crippen LogP contribution in [0, 0.1) is 0 Å². The van der Waals surface area contributed by atoms with E-state index in [2.05, 4.69) is 4.98 Å². The Balaban J connectivity index is 2.94. The van der Waals surface area contributed by atoms with Gasteiger partial charge in [-0.25, -0.2) is 0 Å². The van der Waals surface area contributed by atoms with E-state index in [1.165, 1.54) is 18.5 Å². The molecule has 6 heteroatoms. The van der Waals surface area contributed by atoms with Crippen molar-refractivity contribution in [1.29, 1.82) is 0 Å². The van der Waals surface area contributed by atoms with Gasteiger partial charge in [0.05, 0.1) is 17.5 Å². The Morgan fingerprint density at radius 1 is 1.53 bits per heavy atom. The fourth-order valence-corrected chi connectivity index (χ4v) is 1.23. The maximum atomic E-state index is 10.8. The first-order valence-electron chi connectivity index (χ1n) is 4.23. The Morgan fingerprint density at radius 3 is 2.73 bits per heavy atom. The second-order valence-electron chi connectivity index (χ2n) is 3.04. The van der Waals surface area contributed by atoms with Gasteiger partial charge in [-0.15, -0.1) is 11.6 Å². The zero-order valence-electron chi connectivity index (χ0n) is 7.80. The van der Waals surface area contributed by atoms with Gasteiger partial charge in [-0.05, 0) is 6.07 Å². The van der Waals surface area contributed by atoms with Crippen LogP contribution in [0.1, 0.15) is 22.0 Å². The number of halogens is 1. The van der Waals surface area contributed by atoms with Crippen LogP contribution in [0.4, 0.5) is 0 Å². The van der Waals surface area contributed by atoms with Crippen LogP contribution in [0.25, 0.3) is 0 Å². The first kappa shape index (κ1) is 11.9. The van der Waals surface area contributed by atoms with Crippen molar-refractivity contribution in [2.75, 3.05) is 5.88 Å². The molecular weight excluding hydrogens is 220 g/mol. The number of carbonyl (C=O) groups excluding carboxylic acids is 1. The van der Waals surface area contributed by atoms with Gasteiger partial charge < -0.3 is 15.9 Å². The number of carbonyl (C=O) groups is 1. The summed E-state index contributed by atoms with van der Waals surface area (Å²) in [6.45, 7) is 0. The third-order valence-corrected chi connectivity index (χ3v) is 2.22. The Bertz CT molecular complexity index is 359. The molecule has 1 aromatic rings. The topological polar surface area (TPSA) is 96.4 Å². The van der Waals surface area contributed by atoms with E-state index in [1.54, 1.807) is 0 Å². The number of hydrogen-bond donors (Lipinski definition) is 3. The van der Waals surface area contributed by atoms with Crippen LogP contribution in [0.3, 0.4) is 0 Å². The first-order chi connectivity index (χ1) is 7.06. The van der Waals surface area contributed by atoms with Crippen LogP contribution in [-0.4, -0.2) is 33.1 Å². The molecule has 0 aromatic carbocycles. The quantitative estimate of drug-likeness (QED) is 0.625. The molecule has 1 aromatic heterocycles. The smallest absolute Gasteiger partial charge is 0.250 e. The SMILES string of the molecule is NC(=O)c1cncc(C(O)C(O)CCl)c1. The third kappa shape index (κ3) is 2.89. The van der Waals surface area contributed by atoms with Crippen LogP contribution in [0.2, 0.25) is 0 Å². The molecule has 0 fully saturated rings. The third-order valence-electron chi connectivity index (χ3n) is 1.91. The molecule has 82 valence electrons. The Hall–Kier alpha value is -1.17. The summed E-state index contributed by atoms with van der Waals surface area (Å²) >= 11 is 5.38. The molecule has 4 N–H and O–H groups in total. The van der Waals surface area contributed by atoms with Crippen molar-refractivity contribution in [2.24, 2.45) is 5.73 Å². The van der Waals surface area contributed by atoms with Crippen LogP contribution < -0.4 is 5.73 Å². The van der Waals surface area contributed by atoms with Gasteiger partial charge in [-0.3, -0.25) is 9.78 Å². The highest BCUT2D eigenvalue weighted by molar-refractivity contribution is 6.18. The highest BCUT2D eigenvalue weighted by Crippen LogP contribution is 2.17. The number of primary amides is 1. The summed E-state index contributed by atoms with van der Waals surface area (Å²) in [5.74, 6) is -0.751. The molecule has 0 spiro atoms. The monoisotopic (exact) mass is 230 g/mol. The number of hydrogen-bond acceptors (Lipinski definition) is 4. The number of nitrogens with two attached hydrogens (primary N) is 1. The number of aromatic nitrogens is 1. The molecule has 0 radical (unpaired) electrons. The van der Waals surface area contributed by atoms with Gasteiger partial charge in [0.1, 0.15) is 6.10 Å². The van der Waals surface area contributed by atoms with Crippen molar-refractivity contribution >= 4 is 17.5 Å². The molecule has 0 aliphatic carbocycles. The van der Waals surface area contributed by atoms with Gasteiger partial charge in [0, 0.05) is 18.0 Å². The van der Waals surface area contributed by atoms with Gasteiger partial charge >= 0.3 is 0 Å². The molecule has 1 rings (SSSR count). The predicted octanol–water partition coefficient (Wildman–Crippen LogP) is -0.186. The summed E-state index contributed by atoms with van der Waals surface area (Å²) in [5.41, 5.74) is 5.52. The molecule has 0 saturated carbocycles. The number of nitrogens with zero attached hydrogens (tertiary/aromatic N) is 1. The zero-order valence-corrected chi connectivity index (χ0v) is 8.55. The average Bonchev–Trinajstić information content (AvgIpc) is 2.27. The van der Waals surface area contributed by atoms with Gasteiger partial charge in [-0.2, -0.15) is 0 Å². The van der Waals surface area contributed by atoms with E-state index in [9.17, 15) is 15.0 Å². The molecule has 1 heterocycles. The second kappa shape index (κ2) is 5.06. The van der Waals surface area contributed by atoms with Crippen molar-refractivity contribution in [3.05, 3.63) is 29.6 Å². The lowest BCUT2D eigenvalue weighted by molar-refractivity contribution is 0.0324. The van der Waals surface area contributed by atoms with Crippen LogP contribution in [0.5, 0.6) is 0 Å². The van der Waals surface area contributed by atoms with E-state index in [-0.39, 0.29) is 11.4 Å². The van der Waals surface area contributed by atoms with Gasteiger partial charge in [0.2, 0.25) is 5.91 Å². The first-order valence-corrected chi connectivity index (χ1v) is 4.76. The van der Waals surface area contributed by atoms with E-state index in [4.69, 9.17) is 17.3 Å². The molecule has 0 saturated heterocycles. The van der Waals surface area contributed by atoms with E-state index in [1.807, 2.05) is 0 Å². The molecule has 0 bridgehead atoms. The van der Waals surface area contributed by atoms with Crippen LogP contribution in [-0.2, 0) is 0 Å². The predicted molar refractivity (Wildman–Crippen MR) is 54.4 cm³/mol. The molecular formula is C9H11ClN2O3. The minimum absolute atomic E-state index is 0.109. The molecule has 2 unspecified atom stereocenters. The summed E-state index contributed by atoms with van der Waals surface area (Å²) in [6, 6.07) is 1.37. The molecule has 2 atom stereocenters. The maximum Gasteiger partial charge on any atom is 0.250 e. The lowest BCUT2D eigenvalue weighted by Crippen LogP contribution is -2.20. The zero-order chi connectivity index (χ0) is 11.4. The number of amides is 1. The van der Waals surface area contributed by atoms with Gasteiger partial charge in [0.15, 0.2) is 0 Å².